The fourth-order valence-electron chi connectivity index (χ4n) is 5.42. The molecule has 32 heavy (non-hydrogen) atoms. The van der Waals surface area contributed by atoms with Crippen molar-refractivity contribution < 1.29 is 0 Å². The summed E-state index contributed by atoms with van der Waals surface area (Å²) in [5, 5.41) is 10.5. The third kappa shape index (κ3) is 4.92. The molecular weight excluding hydrogens is 424 g/mol. The minimum Gasteiger partial charge on any atom is -0.142 e. The van der Waals surface area contributed by atoms with E-state index < -0.39 is 0 Å². The first-order chi connectivity index (χ1) is 15.7. The van der Waals surface area contributed by atoms with Crippen LogP contribution in [-0.4, -0.2) is 0 Å². The van der Waals surface area contributed by atoms with Gasteiger partial charge in [-0.2, -0.15) is 0 Å². The van der Waals surface area contributed by atoms with E-state index in [4.69, 9.17) is 0 Å². The van der Waals surface area contributed by atoms with Gasteiger partial charge < -0.3 is 0 Å². The molecule has 2 unspecified atom stereocenters. The van der Waals surface area contributed by atoms with Crippen LogP contribution in [0, 0.1) is 11.8 Å². The van der Waals surface area contributed by atoms with E-state index in [0.29, 0.717) is 0 Å². The van der Waals surface area contributed by atoms with Crippen LogP contribution < -0.4 is 0 Å². The molecule has 4 rings (SSSR count). The monoisotopic (exact) mass is 464 g/mol. The van der Waals surface area contributed by atoms with Gasteiger partial charge in [-0.15, -0.1) is 22.7 Å². The summed E-state index contributed by atoms with van der Waals surface area (Å²) in [6.45, 7) is 9.44. The fraction of sp³-hybridized carbons (Fsp3) is 0.533. The van der Waals surface area contributed by atoms with Gasteiger partial charge in [-0.1, -0.05) is 91.2 Å². The third-order valence-corrected chi connectivity index (χ3v) is 9.55. The van der Waals surface area contributed by atoms with Crippen LogP contribution in [0.25, 0.3) is 30.9 Å². The van der Waals surface area contributed by atoms with Gasteiger partial charge in [0.15, 0.2) is 0 Å². The Morgan fingerprint density at radius 3 is 1.44 bits per heavy atom. The van der Waals surface area contributed by atoms with Gasteiger partial charge in [0, 0.05) is 10.8 Å². The lowest BCUT2D eigenvalue weighted by molar-refractivity contribution is 0.434. The standard InChI is InChI=1S/C30H40S2/c1-5-9-11-21(7-3)17-23-19-27-25-13-15-31-29(25)30-26(14-16-32-30)28(27)20-24(23)18-22(8-4)12-10-6-2/h13-16,19-22H,5-12,17-18H2,1-4H3. The number of fused-ring (bicyclic) bond motifs is 6. The van der Waals surface area contributed by atoms with Crippen molar-refractivity contribution in [2.24, 2.45) is 11.8 Å². The van der Waals surface area contributed by atoms with Gasteiger partial charge in [0.1, 0.15) is 0 Å². The van der Waals surface area contributed by atoms with Crippen LogP contribution in [0.15, 0.2) is 35.0 Å². The largest absolute Gasteiger partial charge is 0.142 e. The normalized spacial score (nSPS) is 14.0. The molecule has 2 aromatic carbocycles. The summed E-state index contributed by atoms with van der Waals surface area (Å²) in [6.07, 6.45) is 13.2. The summed E-state index contributed by atoms with van der Waals surface area (Å²) in [7, 11) is 0. The Morgan fingerprint density at radius 2 is 1.06 bits per heavy atom. The molecular formula is C30H40S2. The Kier molecular flexibility index (Phi) is 8.29. The second-order valence-electron chi connectivity index (χ2n) is 9.73. The van der Waals surface area contributed by atoms with E-state index in [0.717, 1.165) is 11.8 Å². The second kappa shape index (κ2) is 11.2. The zero-order chi connectivity index (χ0) is 22.5. The van der Waals surface area contributed by atoms with Gasteiger partial charge in [0.25, 0.3) is 0 Å². The van der Waals surface area contributed by atoms with Gasteiger partial charge in [-0.25, -0.2) is 0 Å². The minimum atomic E-state index is 0.810. The first kappa shape index (κ1) is 23.8. The molecule has 4 aromatic rings. The highest BCUT2D eigenvalue weighted by Gasteiger charge is 2.18. The topological polar surface area (TPSA) is 0 Å². The molecule has 0 aliphatic carbocycles. The van der Waals surface area contributed by atoms with Crippen LogP contribution in [-0.2, 0) is 12.8 Å². The quantitative estimate of drug-likeness (QED) is 0.195. The van der Waals surface area contributed by atoms with E-state index in [9.17, 15) is 0 Å². The SMILES string of the molecule is CCCCC(CC)Cc1cc2c(cc1CC(CC)CCCC)c1ccsc1c1sccc21. The van der Waals surface area contributed by atoms with Crippen LogP contribution in [0.1, 0.15) is 90.2 Å². The predicted octanol–water partition coefficient (Wildman–Crippen LogP) is 10.8. The molecule has 0 aliphatic rings. The lowest BCUT2D eigenvalue weighted by atomic mass is 9.83. The summed E-state index contributed by atoms with van der Waals surface area (Å²) in [5.41, 5.74) is 3.27. The first-order valence-electron chi connectivity index (χ1n) is 13.0. The maximum atomic E-state index is 2.61. The van der Waals surface area contributed by atoms with Crippen LogP contribution in [0.4, 0.5) is 0 Å². The Hall–Kier alpha value is -1.38. The van der Waals surface area contributed by atoms with E-state index in [2.05, 4.69) is 62.7 Å². The van der Waals surface area contributed by atoms with Crippen molar-refractivity contribution in [1.82, 2.24) is 0 Å². The smallest absolute Gasteiger partial charge is 0.0527 e. The number of thiophene rings is 2. The van der Waals surface area contributed by atoms with Crippen LogP contribution >= 0.6 is 22.7 Å². The van der Waals surface area contributed by atoms with Gasteiger partial charge in [0.05, 0.1) is 9.40 Å². The van der Waals surface area contributed by atoms with Crippen LogP contribution in [0.5, 0.6) is 0 Å². The Bertz CT molecular complexity index is 1050. The first-order valence-corrected chi connectivity index (χ1v) is 14.8. The van der Waals surface area contributed by atoms with E-state index in [1.807, 2.05) is 22.7 Å². The van der Waals surface area contributed by atoms with Crippen molar-refractivity contribution in [3.63, 3.8) is 0 Å². The van der Waals surface area contributed by atoms with Crippen molar-refractivity contribution in [2.45, 2.75) is 91.9 Å². The molecule has 0 aliphatic heterocycles. The molecule has 0 N–H and O–H groups in total. The number of hydrogen-bond acceptors (Lipinski definition) is 2. The molecule has 0 saturated carbocycles. The van der Waals surface area contributed by atoms with E-state index in [1.54, 1.807) is 11.1 Å². The van der Waals surface area contributed by atoms with E-state index in [-0.39, 0.29) is 0 Å². The zero-order valence-electron chi connectivity index (χ0n) is 20.5. The summed E-state index contributed by atoms with van der Waals surface area (Å²) < 4.78 is 2.96. The average Bonchev–Trinajstić information content (AvgIpc) is 3.49. The molecule has 172 valence electrons. The maximum absolute atomic E-state index is 2.61. The van der Waals surface area contributed by atoms with Crippen LogP contribution in [0.3, 0.4) is 0 Å². The molecule has 0 fully saturated rings. The fourth-order valence-corrected chi connectivity index (χ4v) is 7.43. The molecule has 2 heterocycles. The summed E-state index contributed by atoms with van der Waals surface area (Å²) >= 11 is 3.82. The molecule has 2 atom stereocenters. The number of rotatable bonds is 12. The molecule has 0 bridgehead atoms. The van der Waals surface area contributed by atoms with Gasteiger partial charge >= 0.3 is 0 Å². The summed E-state index contributed by atoms with van der Waals surface area (Å²) in [4.78, 5) is 0. The number of unbranched alkanes of at least 4 members (excludes halogenated alkanes) is 2. The Morgan fingerprint density at radius 1 is 0.625 bits per heavy atom. The van der Waals surface area contributed by atoms with E-state index >= 15 is 0 Å². The number of hydrogen-bond donors (Lipinski definition) is 0. The lowest BCUT2D eigenvalue weighted by Gasteiger charge is -2.22. The van der Waals surface area contributed by atoms with E-state index in [1.165, 1.54) is 95.2 Å². The number of benzene rings is 2. The highest BCUT2D eigenvalue weighted by molar-refractivity contribution is 7.25. The van der Waals surface area contributed by atoms with Gasteiger partial charge in [-0.05, 0) is 69.5 Å². The van der Waals surface area contributed by atoms with Crippen molar-refractivity contribution in [3.05, 3.63) is 46.2 Å². The molecule has 0 saturated heterocycles. The molecule has 0 radical (unpaired) electrons. The molecule has 0 nitrogen and oxygen atoms in total. The highest BCUT2D eigenvalue weighted by atomic mass is 32.1. The minimum absolute atomic E-state index is 0.810. The Balaban J connectivity index is 1.84. The predicted molar refractivity (Wildman–Crippen MR) is 149 cm³/mol. The molecule has 2 heteroatoms. The Labute approximate surface area is 203 Å². The van der Waals surface area contributed by atoms with Crippen molar-refractivity contribution in [2.75, 3.05) is 0 Å². The average molecular weight is 465 g/mol. The maximum Gasteiger partial charge on any atom is 0.0527 e. The van der Waals surface area contributed by atoms with Crippen molar-refractivity contribution in [3.8, 4) is 0 Å². The van der Waals surface area contributed by atoms with Gasteiger partial charge in [-0.3, -0.25) is 0 Å². The molecule has 2 aromatic heterocycles. The summed E-state index contributed by atoms with van der Waals surface area (Å²) in [5.74, 6) is 1.62. The summed E-state index contributed by atoms with van der Waals surface area (Å²) in [6, 6.07) is 9.93. The van der Waals surface area contributed by atoms with Crippen molar-refractivity contribution >= 4 is 53.6 Å². The van der Waals surface area contributed by atoms with Crippen molar-refractivity contribution in [1.29, 1.82) is 0 Å². The molecule has 0 spiro atoms. The zero-order valence-corrected chi connectivity index (χ0v) is 22.1. The lowest BCUT2D eigenvalue weighted by Crippen LogP contribution is -2.10. The van der Waals surface area contributed by atoms with Crippen LogP contribution in [0.2, 0.25) is 0 Å². The third-order valence-electron chi connectivity index (χ3n) is 7.56. The highest BCUT2D eigenvalue weighted by Crippen LogP contribution is 2.42. The molecule has 0 amide bonds. The second-order valence-corrected chi connectivity index (χ2v) is 11.6. The van der Waals surface area contributed by atoms with Gasteiger partial charge in [0.2, 0.25) is 0 Å².